The number of para-hydroxylation sites is 2. The van der Waals surface area contributed by atoms with Crippen LogP contribution in [0.25, 0.3) is 6.08 Å². The van der Waals surface area contributed by atoms with Crippen molar-refractivity contribution in [1.29, 1.82) is 0 Å². The van der Waals surface area contributed by atoms with Crippen molar-refractivity contribution in [3.63, 3.8) is 0 Å². The highest BCUT2D eigenvalue weighted by atomic mass is 32.1. The van der Waals surface area contributed by atoms with Gasteiger partial charge in [0.25, 0.3) is 5.91 Å². The molecule has 3 aromatic rings. The number of nitrogens with zero attached hydrogens (tertiary/aromatic N) is 1. The second kappa shape index (κ2) is 7.43. The van der Waals surface area contributed by atoms with Crippen molar-refractivity contribution in [2.45, 2.75) is 0 Å². The Labute approximate surface area is 163 Å². The Morgan fingerprint density at radius 3 is 1.70 bits per heavy atom. The fraction of sp³-hybridized carbons (Fsp3) is 0. The molecule has 0 radical (unpaired) electrons. The molecule has 5 heteroatoms. The summed E-state index contributed by atoms with van der Waals surface area (Å²) < 4.78 is 0. The highest BCUT2D eigenvalue weighted by Crippen LogP contribution is 2.34. The molecule has 1 saturated heterocycles. The Kier molecular flexibility index (Phi) is 4.68. The van der Waals surface area contributed by atoms with E-state index in [1.807, 2.05) is 60.7 Å². The minimum atomic E-state index is -0.209. The van der Waals surface area contributed by atoms with Crippen LogP contribution < -0.4 is 15.5 Å². The number of hydrogen-bond donors (Lipinski definition) is 2. The molecule has 1 heterocycles. The van der Waals surface area contributed by atoms with Crippen LogP contribution >= 0.6 is 12.2 Å². The van der Waals surface area contributed by atoms with Crippen molar-refractivity contribution in [1.82, 2.24) is 10.6 Å². The second-order valence-corrected chi connectivity index (χ2v) is 6.47. The Bertz CT molecular complexity index is 959. The van der Waals surface area contributed by atoms with Crippen molar-refractivity contribution < 1.29 is 4.79 Å². The van der Waals surface area contributed by atoms with Crippen LogP contribution in [-0.2, 0) is 4.79 Å². The number of hydrogen-bond acceptors (Lipinski definition) is 3. The predicted molar refractivity (Wildman–Crippen MR) is 113 cm³/mol. The average molecular weight is 371 g/mol. The van der Waals surface area contributed by atoms with Crippen molar-refractivity contribution in [2.75, 3.05) is 4.90 Å². The molecule has 3 aromatic carbocycles. The van der Waals surface area contributed by atoms with E-state index in [2.05, 4.69) is 39.8 Å². The molecule has 4 rings (SSSR count). The zero-order chi connectivity index (χ0) is 18.6. The number of carbonyl (C=O) groups is 1. The van der Waals surface area contributed by atoms with Gasteiger partial charge in [-0.15, -0.1) is 0 Å². The number of benzene rings is 3. The molecule has 2 N–H and O–H groups in total. The molecular weight excluding hydrogens is 354 g/mol. The van der Waals surface area contributed by atoms with Crippen LogP contribution in [0.1, 0.15) is 5.56 Å². The monoisotopic (exact) mass is 371 g/mol. The molecule has 0 saturated carbocycles. The van der Waals surface area contributed by atoms with Gasteiger partial charge >= 0.3 is 0 Å². The van der Waals surface area contributed by atoms with E-state index < -0.39 is 0 Å². The van der Waals surface area contributed by atoms with Gasteiger partial charge in [0, 0.05) is 17.1 Å². The molecule has 27 heavy (non-hydrogen) atoms. The summed E-state index contributed by atoms with van der Waals surface area (Å²) in [6.45, 7) is 0. The highest BCUT2D eigenvalue weighted by Gasteiger charge is 2.19. The molecule has 4 nitrogen and oxygen atoms in total. The van der Waals surface area contributed by atoms with Crippen molar-refractivity contribution in [2.24, 2.45) is 0 Å². The molecule has 0 bridgehead atoms. The zero-order valence-corrected chi connectivity index (χ0v) is 15.2. The van der Waals surface area contributed by atoms with Crippen molar-refractivity contribution in [3.8, 4) is 0 Å². The van der Waals surface area contributed by atoms with E-state index in [9.17, 15) is 4.79 Å². The molecule has 1 aliphatic rings. The molecule has 1 fully saturated rings. The van der Waals surface area contributed by atoms with Crippen LogP contribution in [0, 0.1) is 0 Å². The summed E-state index contributed by atoms with van der Waals surface area (Å²) in [6.07, 6.45) is 1.79. The first-order valence-electron chi connectivity index (χ1n) is 8.55. The van der Waals surface area contributed by atoms with E-state index >= 15 is 0 Å². The van der Waals surface area contributed by atoms with E-state index in [1.54, 1.807) is 6.08 Å². The van der Waals surface area contributed by atoms with E-state index in [0.29, 0.717) is 10.8 Å². The van der Waals surface area contributed by atoms with Crippen LogP contribution in [0.3, 0.4) is 0 Å². The number of carbonyl (C=O) groups excluding carboxylic acids is 1. The summed E-state index contributed by atoms with van der Waals surface area (Å²) in [6, 6.07) is 28.5. The van der Waals surface area contributed by atoms with Gasteiger partial charge in [-0.3, -0.25) is 10.1 Å². The molecule has 0 spiro atoms. The van der Waals surface area contributed by atoms with E-state index in [1.165, 1.54) is 0 Å². The van der Waals surface area contributed by atoms with Gasteiger partial charge < -0.3 is 10.2 Å². The maximum Gasteiger partial charge on any atom is 0.273 e. The lowest BCUT2D eigenvalue weighted by atomic mass is 10.1. The van der Waals surface area contributed by atoms with Crippen LogP contribution in [-0.4, -0.2) is 11.0 Å². The van der Waals surface area contributed by atoms with Crippen LogP contribution in [0.2, 0.25) is 0 Å². The SMILES string of the molecule is O=C1NC(=S)N/C1=C\c1ccc(N(c2ccccc2)c2ccccc2)cc1. The topological polar surface area (TPSA) is 44.4 Å². The second-order valence-electron chi connectivity index (χ2n) is 6.06. The van der Waals surface area contributed by atoms with Gasteiger partial charge in [0.15, 0.2) is 5.11 Å². The fourth-order valence-corrected chi connectivity index (χ4v) is 3.17. The van der Waals surface area contributed by atoms with Gasteiger partial charge in [0.2, 0.25) is 0 Å². The fourth-order valence-electron chi connectivity index (χ4n) is 2.97. The zero-order valence-electron chi connectivity index (χ0n) is 14.4. The maximum absolute atomic E-state index is 11.8. The summed E-state index contributed by atoms with van der Waals surface area (Å²) >= 11 is 4.96. The molecule has 0 aliphatic carbocycles. The largest absolute Gasteiger partial charge is 0.328 e. The van der Waals surface area contributed by atoms with Crippen molar-refractivity contribution in [3.05, 3.63) is 96.2 Å². The molecule has 0 aromatic heterocycles. The summed E-state index contributed by atoms with van der Waals surface area (Å²) in [7, 11) is 0. The molecule has 132 valence electrons. The molecule has 0 atom stereocenters. The average Bonchev–Trinajstić information content (AvgIpc) is 3.02. The van der Waals surface area contributed by atoms with E-state index in [4.69, 9.17) is 12.2 Å². The number of anilines is 3. The normalized spacial score (nSPS) is 14.7. The number of amides is 1. The standard InChI is InChI=1S/C22H17N3OS/c26-21-20(23-22(27)24-21)15-16-11-13-19(14-12-16)25(17-7-3-1-4-8-17)18-9-5-2-6-10-18/h1-15H,(H2,23,24,26,27)/b20-15-. The minimum absolute atomic E-state index is 0.209. The van der Waals surface area contributed by atoms with Gasteiger partial charge in [-0.25, -0.2) is 0 Å². The number of thiocarbonyl (C=S) groups is 1. The third-order valence-corrected chi connectivity index (χ3v) is 4.42. The lowest BCUT2D eigenvalue weighted by molar-refractivity contribution is -0.115. The summed E-state index contributed by atoms with van der Waals surface area (Å²) in [5.41, 5.74) is 4.57. The van der Waals surface area contributed by atoms with Crippen molar-refractivity contribution >= 4 is 46.4 Å². The van der Waals surface area contributed by atoms with Crippen LogP contribution in [0.15, 0.2) is 90.6 Å². The third kappa shape index (κ3) is 3.73. The smallest absolute Gasteiger partial charge is 0.273 e. The minimum Gasteiger partial charge on any atom is -0.328 e. The Hall–Kier alpha value is -3.44. The molecular formula is C22H17N3OS. The van der Waals surface area contributed by atoms with Gasteiger partial charge in [-0.2, -0.15) is 0 Å². The quantitative estimate of drug-likeness (QED) is 0.523. The van der Waals surface area contributed by atoms with E-state index in [-0.39, 0.29) is 5.91 Å². The summed E-state index contributed by atoms with van der Waals surface area (Å²) in [4.78, 5) is 14.0. The first-order chi connectivity index (χ1) is 13.2. The first kappa shape index (κ1) is 17.0. The van der Waals surface area contributed by atoms with Gasteiger partial charge in [0.1, 0.15) is 5.70 Å². The summed E-state index contributed by atoms with van der Waals surface area (Å²) in [5.74, 6) is -0.209. The third-order valence-electron chi connectivity index (χ3n) is 4.21. The molecule has 1 aliphatic heterocycles. The summed E-state index contributed by atoms with van der Waals surface area (Å²) in [5, 5.41) is 5.76. The van der Waals surface area contributed by atoms with Gasteiger partial charge in [0.05, 0.1) is 0 Å². The maximum atomic E-state index is 11.8. The van der Waals surface area contributed by atoms with Crippen LogP contribution in [0.5, 0.6) is 0 Å². The number of nitrogens with one attached hydrogen (secondary N) is 2. The highest BCUT2D eigenvalue weighted by molar-refractivity contribution is 7.80. The molecule has 0 unspecified atom stereocenters. The van der Waals surface area contributed by atoms with Gasteiger partial charge in [-0.05, 0) is 60.3 Å². The number of rotatable bonds is 4. The Balaban J connectivity index is 1.69. The first-order valence-corrected chi connectivity index (χ1v) is 8.96. The lowest BCUT2D eigenvalue weighted by Gasteiger charge is -2.25. The van der Waals surface area contributed by atoms with Crippen LogP contribution in [0.4, 0.5) is 17.1 Å². The van der Waals surface area contributed by atoms with Gasteiger partial charge in [-0.1, -0.05) is 48.5 Å². The Morgan fingerprint density at radius 1 is 0.704 bits per heavy atom. The van der Waals surface area contributed by atoms with E-state index in [0.717, 1.165) is 22.6 Å². The predicted octanol–water partition coefficient (Wildman–Crippen LogP) is 4.50. The lowest BCUT2D eigenvalue weighted by Crippen LogP contribution is -2.21. The molecule has 1 amide bonds. The Morgan fingerprint density at radius 2 is 1.22 bits per heavy atom.